The molecule has 3 rings (SSSR count). The topological polar surface area (TPSA) is 54.5 Å². The lowest BCUT2D eigenvalue weighted by Gasteiger charge is -2.27. The van der Waals surface area contributed by atoms with Crippen molar-refractivity contribution in [1.82, 2.24) is 15.2 Å². The summed E-state index contributed by atoms with van der Waals surface area (Å²) in [6.45, 7) is 5.61. The number of ether oxygens (including phenoxy) is 1. The van der Waals surface area contributed by atoms with E-state index >= 15 is 0 Å². The Morgan fingerprint density at radius 3 is 2.84 bits per heavy atom. The smallest absolute Gasteiger partial charge is 0.255 e. The molecule has 1 N–H and O–H groups in total. The Kier molecular flexibility index (Phi) is 5.65. The van der Waals surface area contributed by atoms with E-state index in [-0.39, 0.29) is 5.91 Å². The van der Waals surface area contributed by atoms with Crippen molar-refractivity contribution in [3.8, 4) is 17.6 Å². The first kappa shape index (κ1) is 17.0. The molecule has 1 saturated heterocycles. The monoisotopic (exact) mass is 335 g/mol. The molecular weight excluding hydrogens is 314 g/mol. The minimum absolute atomic E-state index is 0.0348. The lowest BCUT2D eigenvalue weighted by atomic mass is 10.1. The number of nitrogens with one attached hydrogen (secondary N) is 1. The van der Waals surface area contributed by atoms with Gasteiger partial charge in [-0.2, -0.15) is 0 Å². The molecule has 128 valence electrons. The molecule has 0 spiro atoms. The van der Waals surface area contributed by atoms with Gasteiger partial charge in [0.2, 0.25) is 0 Å². The molecule has 2 heterocycles. The average Bonchev–Trinajstić information content (AvgIpc) is 2.67. The SMILES string of the molecule is CCOc1cncc(C#Cc2ccccc2C(=O)N2CCNCC2)c1. The first-order valence-electron chi connectivity index (χ1n) is 8.47. The molecule has 0 unspecified atom stereocenters. The summed E-state index contributed by atoms with van der Waals surface area (Å²) >= 11 is 0. The Bertz CT molecular complexity index is 802. The summed E-state index contributed by atoms with van der Waals surface area (Å²) in [5, 5.41) is 3.26. The van der Waals surface area contributed by atoms with Crippen LogP contribution in [0.3, 0.4) is 0 Å². The minimum atomic E-state index is 0.0348. The number of rotatable bonds is 3. The highest BCUT2D eigenvalue weighted by Gasteiger charge is 2.19. The lowest BCUT2D eigenvalue weighted by molar-refractivity contribution is 0.0735. The fourth-order valence-electron chi connectivity index (χ4n) is 2.69. The highest BCUT2D eigenvalue weighted by molar-refractivity contribution is 5.96. The Labute approximate surface area is 148 Å². The maximum Gasteiger partial charge on any atom is 0.255 e. The maximum atomic E-state index is 12.8. The van der Waals surface area contributed by atoms with Crippen molar-refractivity contribution >= 4 is 5.91 Å². The van der Waals surface area contributed by atoms with Crippen LogP contribution < -0.4 is 10.1 Å². The lowest BCUT2D eigenvalue weighted by Crippen LogP contribution is -2.46. The Hall–Kier alpha value is -2.84. The Morgan fingerprint density at radius 1 is 1.24 bits per heavy atom. The van der Waals surface area contributed by atoms with Gasteiger partial charge < -0.3 is 15.0 Å². The molecule has 1 aliphatic rings. The van der Waals surface area contributed by atoms with Crippen LogP contribution in [0.2, 0.25) is 0 Å². The van der Waals surface area contributed by atoms with Crippen molar-refractivity contribution in [3.05, 3.63) is 59.4 Å². The molecule has 1 amide bonds. The molecule has 5 heteroatoms. The molecule has 0 atom stereocenters. The highest BCUT2D eigenvalue weighted by atomic mass is 16.5. The highest BCUT2D eigenvalue weighted by Crippen LogP contribution is 2.13. The summed E-state index contributed by atoms with van der Waals surface area (Å²) in [7, 11) is 0. The minimum Gasteiger partial charge on any atom is -0.492 e. The van der Waals surface area contributed by atoms with E-state index in [0.29, 0.717) is 17.9 Å². The van der Waals surface area contributed by atoms with Crippen molar-refractivity contribution in [2.24, 2.45) is 0 Å². The molecule has 1 aliphatic heterocycles. The fraction of sp³-hybridized carbons (Fsp3) is 0.300. The molecule has 0 saturated carbocycles. The van der Waals surface area contributed by atoms with Gasteiger partial charge in [0, 0.05) is 43.5 Å². The molecule has 1 aromatic carbocycles. The molecule has 0 bridgehead atoms. The van der Waals surface area contributed by atoms with E-state index < -0.39 is 0 Å². The second-order valence-electron chi connectivity index (χ2n) is 5.68. The van der Waals surface area contributed by atoms with Gasteiger partial charge in [0.1, 0.15) is 5.75 Å². The van der Waals surface area contributed by atoms with Gasteiger partial charge in [-0.15, -0.1) is 0 Å². The zero-order valence-electron chi connectivity index (χ0n) is 14.3. The van der Waals surface area contributed by atoms with Gasteiger partial charge >= 0.3 is 0 Å². The molecular formula is C20H21N3O2. The average molecular weight is 335 g/mol. The number of aromatic nitrogens is 1. The quantitative estimate of drug-likeness (QED) is 0.871. The van der Waals surface area contributed by atoms with Crippen molar-refractivity contribution in [2.45, 2.75) is 6.92 Å². The second kappa shape index (κ2) is 8.32. The van der Waals surface area contributed by atoms with Crippen LogP contribution in [0.5, 0.6) is 5.75 Å². The van der Waals surface area contributed by atoms with E-state index in [1.807, 2.05) is 42.2 Å². The zero-order valence-corrected chi connectivity index (χ0v) is 14.3. The summed E-state index contributed by atoms with van der Waals surface area (Å²) in [6, 6.07) is 9.33. The molecule has 25 heavy (non-hydrogen) atoms. The summed E-state index contributed by atoms with van der Waals surface area (Å²) in [4.78, 5) is 18.8. The molecule has 1 fully saturated rings. The van der Waals surface area contributed by atoms with E-state index in [1.165, 1.54) is 0 Å². The zero-order chi connectivity index (χ0) is 17.5. The van der Waals surface area contributed by atoms with Crippen LogP contribution in [-0.2, 0) is 0 Å². The van der Waals surface area contributed by atoms with Crippen molar-refractivity contribution in [1.29, 1.82) is 0 Å². The largest absolute Gasteiger partial charge is 0.492 e. The molecule has 0 aliphatic carbocycles. The number of carbonyl (C=O) groups excluding carboxylic acids is 1. The van der Waals surface area contributed by atoms with Gasteiger partial charge in [0.15, 0.2) is 0 Å². The van der Waals surface area contributed by atoms with Crippen LogP contribution >= 0.6 is 0 Å². The van der Waals surface area contributed by atoms with E-state index in [4.69, 9.17) is 4.74 Å². The Morgan fingerprint density at radius 2 is 2.04 bits per heavy atom. The van der Waals surface area contributed by atoms with Crippen LogP contribution in [-0.4, -0.2) is 48.6 Å². The number of carbonyl (C=O) groups is 1. The Balaban J connectivity index is 1.84. The third-order valence-corrected chi connectivity index (χ3v) is 3.93. The molecule has 2 aromatic rings. The third kappa shape index (κ3) is 4.37. The van der Waals surface area contributed by atoms with E-state index in [2.05, 4.69) is 22.1 Å². The van der Waals surface area contributed by atoms with Crippen LogP contribution in [0.15, 0.2) is 42.7 Å². The van der Waals surface area contributed by atoms with Crippen LogP contribution in [0.1, 0.15) is 28.4 Å². The maximum absolute atomic E-state index is 12.8. The predicted molar refractivity (Wildman–Crippen MR) is 96.6 cm³/mol. The standard InChI is InChI=1S/C20H21N3O2/c1-2-25-18-13-16(14-22-15-18)7-8-17-5-3-4-6-19(17)20(24)23-11-9-21-10-12-23/h3-6,13-15,21H,2,9-12H2,1H3. The predicted octanol–water partition coefficient (Wildman–Crippen LogP) is 1.93. The van der Waals surface area contributed by atoms with Gasteiger partial charge in [-0.3, -0.25) is 9.78 Å². The van der Waals surface area contributed by atoms with E-state index in [9.17, 15) is 4.79 Å². The number of pyridine rings is 1. The third-order valence-electron chi connectivity index (χ3n) is 3.93. The first-order chi connectivity index (χ1) is 12.3. The van der Waals surface area contributed by atoms with Gasteiger partial charge in [0.25, 0.3) is 5.91 Å². The summed E-state index contributed by atoms with van der Waals surface area (Å²) in [6.07, 6.45) is 3.35. The summed E-state index contributed by atoms with van der Waals surface area (Å²) in [5.74, 6) is 6.92. The van der Waals surface area contributed by atoms with Gasteiger partial charge in [-0.05, 0) is 25.1 Å². The van der Waals surface area contributed by atoms with Crippen molar-refractivity contribution < 1.29 is 9.53 Å². The number of amides is 1. The van der Waals surface area contributed by atoms with Gasteiger partial charge in [-0.1, -0.05) is 24.0 Å². The molecule has 5 nitrogen and oxygen atoms in total. The second-order valence-corrected chi connectivity index (χ2v) is 5.68. The molecule has 1 aromatic heterocycles. The van der Waals surface area contributed by atoms with E-state index in [0.717, 1.165) is 37.3 Å². The molecule has 0 radical (unpaired) electrons. The fourth-order valence-corrected chi connectivity index (χ4v) is 2.69. The van der Waals surface area contributed by atoms with E-state index in [1.54, 1.807) is 12.4 Å². The number of hydrogen-bond acceptors (Lipinski definition) is 4. The van der Waals surface area contributed by atoms with Gasteiger partial charge in [-0.25, -0.2) is 0 Å². The number of nitrogens with zero attached hydrogens (tertiary/aromatic N) is 2. The number of hydrogen-bond donors (Lipinski definition) is 1. The normalized spacial score (nSPS) is 13.7. The first-order valence-corrected chi connectivity index (χ1v) is 8.47. The van der Waals surface area contributed by atoms with Crippen molar-refractivity contribution in [3.63, 3.8) is 0 Å². The summed E-state index contributed by atoms with van der Waals surface area (Å²) < 4.78 is 5.44. The number of benzene rings is 1. The van der Waals surface area contributed by atoms with Crippen LogP contribution in [0, 0.1) is 11.8 Å². The van der Waals surface area contributed by atoms with Crippen molar-refractivity contribution in [2.75, 3.05) is 32.8 Å². The van der Waals surface area contributed by atoms with Crippen LogP contribution in [0.25, 0.3) is 0 Å². The van der Waals surface area contributed by atoms with Gasteiger partial charge in [0.05, 0.1) is 18.4 Å². The summed E-state index contributed by atoms with van der Waals surface area (Å²) in [5.41, 5.74) is 2.13. The number of piperazine rings is 1. The van der Waals surface area contributed by atoms with Crippen LogP contribution in [0.4, 0.5) is 0 Å².